The summed E-state index contributed by atoms with van der Waals surface area (Å²) in [7, 11) is -3.01. The Morgan fingerprint density at radius 1 is 1.26 bits per heavy atom. The number of hydrogen-bond acceptors (Lipinski definition) is 3. The van der Waals surface area contributed by atoms with Crippen LogP contribution < -0.4 is 5.32 Å². The second-order valence-electron chi connectivity index (χ2n) is 6.78. The third-order valence-electron chi connectivity index (χ3n) is 4.75. The summed E-state index contributed by atoms with van der Waals surface area (Å²) in [6.07, 6.45) is 8.86. The second-order valence-corrected chi connectivity index (χ2v) is 8.76. The fraction of sp³-hybridized carbons (Fsp3) is 1.00. The second kappa shape index (κ2) is 6.10. The molecule has 1 unspecified atom stereocenters. The minimum atomic E-state index is -3.01. The first-order valence-electron chi connectivity index (χ1n) is 7.55. The Balaban J connectivity index is 1.74. The van der Waals surface area contributed by atoms with Crippen molar-refractivity contribution < 1.29 is 8.42 Å². The Kier molecular flexibility index (Phi) is 4.90. The molecule has 19 heavy (non-hydrogen) atoms. The summed E-state index contributed by atoms with van der Waals surface area (Å²) in [5.41, 5.74) is 0.477. The maximum Gasteiger partial charge on any atom is 0.211 e. The van der Waals surface area contributed by atoms with E-state index < -0.39 is 10.0 Å². The lowest BCUT2D eigenvalue weighted by Crippen LogP contribution is -2.43. The normalized spacial score (nSPS) is 28.6. The van der Waals surface area contributed by atoms with Crippen molar-refractivity contribution in [2.24, 2.45) is 11.3 Å². The molecule has 2 aliphatic rings. The summed E-state index contributed by atoms with van der Waals surface area (Å²) in [6.45, 7) is 5.82. The summed E-state index contributed by atoms with van der Waals surface area (Å²) < 4.78 is 24.8. The van der Waals surface area contributed by atoms with Crippen LogP contribution >= 0.6 is 0 Å². The van der Waals surface area contributed by atoms with Crippen molar-refractivity contribution in [3.05, 3.63) is 0 Å². The molecule has 0 aromatic carbocycles. The number of nitrogens with zero attached hydrogens (tertiary/aromatic N) is 1. The van der Waals surface area contributed by atoms with Crippen LogP contribution in [0.15, 0.2) is 0 Å². The topological polar surface area (TPSA) is 49.4 Å². The van der Waals surface area contributed by atoms with E-state index in [9.17, 15) is 8.42 Å². The van der Waals surface area contributed by atoms with Crippen LogP contribution in [0, 0.1) is 11.3 Å². The molecule has 0 aromatic rings. The van der Waals surface area contributed by atoms with E-state index in [0.29, 0.717) is 24.4 Å². The van der Waals surface area contributed by atoms with Gasteiger partial charge in [0.2, 0.25) is 10.0 Å². The SMILES string of the molecule is CC1(CNCC2CCCN(S(C)(=O)=O)C2)CCCC1. The van der Waals surface area contributed by atoms with Crippen molar-refractivity contribution in [3.8, 4) is 0 Å². The molecular formula is C14H28N2O2S. The molecule has 1 heterocycles. The molecule has 0 radical (unpaired) electrons. The number of nitrogens with one attached hydrogen (secondary N) is 1. The summed E-state index contributed by atoms with van der Waals surface area (Å²) in [6, 6.07) is 0. The van der Waals surface area contributed by atoms with Crippen LogP contribution in [-0.2, 0) is 10.0 Å². The Morgan fingerprint density at radius 2 is 1.95 bits per heavy atom. The van der Waals surface area contributed by atoms with E-state index in [4.69, 9.17) is 0 Å². The summed E-state index contributed by atoms with van der Waals surface area (Å²) in [4.78, 5) is 0. The predicted octanol–water partition coefficient (Wildman–Crippen LogP) is 1.83. The van der Waals surface area contributed by atoms with E-state index in [0.717, 1.165) is 25.9 Å². The van der Waals surface area contributed by atoms with E-state index in [2.05, 4.69) is 12.2 Å². The molecule has 4 nitrogen and oxygen atoms in total. The van der Waals surface area contributed by atoms with Gasteiger partial charge in [-0.2, -0.15) is 0 Å². The lowest BCUT2D eigenvalue weighted by atomic mass is 9.88. The maximum absolute atomic E-state index is 11.6. The molecule has 1 saturated heterocycles. The largest absolute Gasteiger partial charge is 0.316 e. The monoisotopic (exact) mass is 288 g/mol. The van der Waals surface area contributed by atoms with Crippen LogP contribution in [0.25, 0.3) is 0 Å². The molecule has 1 N–H and O–H groups in total. The van der Waals surface area contributed by atoms with E-state index in [1.807, 2.05) is 0 Å². The van der Waals surface area contributed by atoms with E-state index in [1.54, 1.807) is 4.31 Å². The molecule has 2 fully saturated rings. The van der Waals surface area contributed by atoms with Crippen molar-refractivity contribution in [3.63, 3.8) is 0 Å². The van der Waals surface area contributed by atoms with Crippen LogP contribution in [0.3, 0.4) is 0 Å². The highest BCUT2D eigenvalue weighted by Gasteiger charge is 2.29. The van der Waals surface area contributed by atoms with Gasteiger partial charge in [0.25, 0.3) is 0 Å². The van der Waals surface area contributed by atoms with Crippen molar-refractivity contribution in [2.75, 3.05) is 32.4 Å². The zero-order valence-electron chi connectivity index (χ0n) is 12.3. The van der Waals surface area contributed by atoms with Gasteiger partial charge >= 0.3 is 0 Å². The van der Waals surface area contributed by atoms with Gasteiger partial charge < -0.3 is 5.32 Å². The van der Waals surface area contributed by atoms with Crippen molar-refractivity contribution in [1.82, 2.24) is 9.62 Å². The van der Waals surface area contributed by atoms with E-state index >= 15 is 0 Å². The van der Waals surface area contributed by atoms with Gasteiger partial charge in [-0.1, -0.05) is 19.8 Å². The molecule has 0 amide bonds. The molecule has 112 valence electrons. The maximum atomic E-state index is 11.6. The summed E-state index contributed by atoms with van der Waals surface area (Å²) >= 11 is 0. The van der Waals surface area contributed by atoms with Gasteiger partial charge in [0, 0.05) is 19.6 Å². The van der Waals surface area contributed by atoms with Crippen LogP contribution in [0.4, 0.5) is 0 Å². The zero-order valence-corrected chi connectivity index (χ0v) is 13.1. The van der Waals surface area contributed by atoms with Gasteiger partial charge in [-0.25, -0.2) is 12.7 Å². The first-order chi connectivity index (χ1) is 8.89. The molecule has 1 aliphatic heterocycles. The molecule has 1 saturated carbocycles. The van der Waals surface area contributed by atoms with Gasteiger partial charge in [-0.15, -0.1) is 0 Å². The highest BCUT2D eigenvalue weighted by Crippen LogP contribution is 2.36. The third kappa shape index (κ3) is 4.43. The molecule has 1 aliphatic carbocycles. The highest BCUT2D eigenvalue weighted by atomic mass is 32.2. The van der Waals surface area contributed by atoms with Gasteiger partial charge in [-0.3, -0.25) is 0 Å². The molecule has 0 spiro atoms. The van der Waals surface area contributed by atoms with Gasteiger partial charge in [0.15, 0.2) is 0 Å². The average molecular weight is 288 g/mol. The standard InChI is InChI=1S/C14H28N2O2S/c1-14(7-3-4-8-14)12-15-10-13-6-5-9-16(11-13)19(2,17)18/h13,15H,3-12H2,1-2H3. The molecule has 2 rings (SSSR count). The number of sulfonamides is 1. The smallest absolute Gasteiger partial charge is 0.211 e. The fourth-order valence-electron chi connectivity index (χ4n) is 3.48. The first-order valence-corrected chi connectivity index (χ1v) is 9.40. The molecule has 0 aromatic heterocycles. The van der Waals surface area contributed by atoms with Crippen molar-refractivity contribution in [2.45, 2.75) is 45.4 Å². The number of piperidine rings is 1. The van der Waals surface area contributed by atoms with E-state index in [-0.39, 0.29) is 0 Å². The quantitative estimate of drug-likeness (QED) is 0.839. The minimum absolute atomic E-state index is 0.477. The Morgan fingerprint density at radius 3 is 2.58 bits per heavy atom. The van der Waals surface area contributed by atoms with Gasteiger partial charge in [0.1, 0.15) is 0 Å². The van der Waals surface area contributed by atoms with Crippen LogP contribution in [0.5, 0.6) is 0 Å². The molecule has 1 atom stereocenters. The highest BCUT2D eigenvalue weighted by molar-refractivity contribution is 7.88. The van der Waals surface area contributed by atoms with E-state index in [1.165, 1.54) is 31.9 Å². The average Bonchev–Trinajstić information content (AvgIpc) is 2.76. The molecule has 0 bridgehead atoms. The third-order valence-corrected chi connectivity index (χ3v) is 6.02. The Hall–Kier alpha value is -0.130. The number of rotatable bonds is 5. The lowest BCUT2D eigenvalue weighted by molar-refractivity contribution is 0.244. The summed E-state index contributed by atoms with van der Waals surface area (Å²) in [5.74, 6) is 0.480. The molecule has 5 heteroatoms. The van der Waals surface area contributed by atoms with Crippen LogP contribution in [0.2, 0.25) is 0 Å². The molecular weight excluding hydrogens is 260 g/mol. The fourth-order valence-corrected chi connectivity index (χ4v) is 4.42. The van der Waals surface area contributed by atoms with Crippen LogP contribution in [0.1, 0.15) is 45.4 Å². The van der Waals surface area contributed by atoms with Gasteiger partial charge in [-0.05, 0) is 43.6 Å². The summed E-state index contributed by atoms with van der Waals surface area (Å²) in [5, 5.41) is 3.59. The Labute approximate surface area is 118 Å². The van der Waals surface area contributed by atoms with Gasteiger partial charge in [0.05, 0.1) is 6.26 Å². The number of hydrogen-bond donors (Lipinski definition) is 1. The zero-order chi connectivity index (χ0) is 13.9. The van der Waals surface area contributed by atoms with Crippen molar-refractivity contribution >= 4 is 10.0 Å². The lowest BCUT2D eigenvalue weighted by Gasteiger charge is -2.32. The Bertz CT molecular complexity index is 388. The van der Waals surface area contributed by atoms with Crippen LogP contribution in [-0.4, -0.2) is 45.2 Å². The predicted molar refractivity (Wildman–Crippen MR) is 78.6 cm³/mol. The van der Waals surface area contributed by atoms with Crippen molar-refractivity contribution in [1.29, 1.82) is 0 Å². The minimum Gasteiger partial charge on any atom is -0.316 e. The first kappa shape index (κ1) is 15.3.